The molecular formula is C56H52Cl5N3O10S3. The van der Waals surface area contributed by atoms with Gasteiger partial charge in [0.05, 0.1) is 22.2 Å². The summed E-state index contributed by atoms with van der Waals surface area (Å²) in [5.41, 5.74) is 3.84. The molecule has 15 rings (SSSR count). The molecule has 21 heteroatoms. The molecule has 6 fully saturated rings. The third-order valence-corrected chi connectivity index (χ3v) is 21.7. The molecule has 0 saturated heterocycles. The molecule has 3 atom stereocenters. The molecule has 3 aromatic carbocycles. The Balaban J connectivity index is 0.000000170. The number of rotatable bonds is 10. The van der Waals surface area contributed by atoms with E-state index in [0.717, 1.165) is 70.0 Å². The van der Waals surface area contributed by atoms with Crippen molar-refractivity contribution in [2.24, 2.45) is 21.7 Å². The standard InChI is InChI=1S/C35H32Cl2N2O6S2.C14H14ClNO2S.C7H6Cl2O2/c1-16-5-22-26(44-18(3)40)7-24-28(30(22)46-16)20(9-36)11-38(24)32(42)34-13-35(14-34,15-34)33(43)39-12-21(10-37)29-25(39)8-27(45-19(4)41)23-6-17(2)47-31(23)29;1-7-3-10-12(18-8(2)17)4-11-13(14(10)19-7)9(5-15)6-16-11;8-4(10)6-1-7(2-6,3-6)5(9)11/h5-8,20-21H,9-15H2,1-4H3;3-4,9,16H,5-6H2,1-2H3;1-3H2/t20-,21-,34?,35?;9-;/m11./s1. The summed E-state index contributed by atoms with van der Waals surface area (Å²) in [5.74, 6) is 1.89. The highest BCUT2D eigenvalue weighted by molar-refractivity contribution is 7.20. The lowest BCUT2D eigenvalue weighted by Crippen LogP contribution is -2.73. The number of thiophene rings is 3. The summed E-state index contributed by atoms with van der Waals surface area (Å²) >= 11 is 34.6. The molecule has 6 heterocycles. The minimum absolute atomic E-state index is 0.00387. The van der Waals surface area contributed by atoms with Crippen molar-refractivity contribution in [3.05, 3.63) is 67.7 Å². The molecule has 9 aliphatic rings. The predicted octanol–water partition coefficient (Wildman–Crippen LogP) is 13.4. The van der Waals surface area contributed by atoms with Crippen molar-refractivity contribution < 1.29 is 47.8 Å². The molecule has 0 unspecified atom stereocenters. The van der Waals surface area contributed by atoms with Crippen molar-refractivity contribution in [2.45, 2.75) is 97.8 Å². The Morgan fingerprint density at radius 3 is 1.19 bits per heavy atom. The van der Waals surface area contributed by atoms with E-state index in [4.69, 9.17) is 72.2 Å². The Morgan fingerprint density at radius 1 is 0.519 bits per heavy atom. The number of fused-ring (bicyclic) bond motifs is 9. The van der Waals surface area contributed by atoms with Crippen LogP contribution in [0.4, 0.5) is 17.1 Å². The summed E-state index contributed by atoms with van der Waals surface area (Å²) in [4.78, 5) is 92.4. The quantitative estimate of drug-likeness (QED) is 0.0600. The third-order valence-electron chi connectivity index (χ3n) is 16.5. The van der Waals surface area contributed by atoms with Crippen molar-refractivity contribution in [2.75, 3.05) is 52.4 Å². The first-order valence-corrected chi connectivity index (χ1v) is 30.0. The second-order valence-electron chi connectivity index (χ2n) is 22.0. The summed E-state index contributed by atoms with van der Waals surface area (Å²) < 4.78 is 19.7. The fourth-order valence-corrected chi connectivity index (χ4v) is 18.0. The average Bonchev–Trinajstić information content (AvgIpc) is 4.21. The van der Waals surface area contributed by atoms with Crippen molar-refractivity contribution in [3.63, 3.8) is 0 Å². The number of aryl methyl sites for hydroxylation is 3. The molecule has 77 heavy (non-hydrogen) atoms. The van der Waals surface area contributed by atoms with E-state index in [-0.39, 0.29) is 50.9 Å². The molecule has 1 N–H and O–H groups in total. The van der Waals surface area contributed by atoms with Crippen LogP contribution in [0.15, 0.2) is 36.4 Å². The minimum Gasteiger partial charge on any atom is -0.426 e. The second kappa shape index (κ2) is 19.6. The summed E-state index contributed by atoms with van der Waals surface area (Å²) in [5, 5.41) is 5.45. The molecule has 404 valence electrons. The summed E-state index contributed by atoms with van der Waals surface area (Å²) in [6.07, 6.45) is 3.14. The monoisotopic (exact) mass is 1200 g/mol. The highest BCUT2D eigenvalue weighted by Crippen LogP contribution is 2.76. The zero-order valence-electron chi connectivity index (χ0n) is 42.8. The number of nitrogens with zero attached hydrogens (tertiary/aromatic N) is 2. The van der Waals surface area contributed by atoms with Crippen molar-refractivity contribution in [3.8, 4) is 17.2 Å². The van der Waals surface area contributed by atoms with Gasteiger partial charge in [-0.15, -0.1) is 68.8 Å². The van der Waals surface area contributed by atoms with Gasteiger partial charge < -0.3 is 29.3 Å². The number of alkyl halides is 3. The Labute approximate surface area is 480 Å². The number of amides is 2. The van der Waals surface area contributed by atoms with Gasteiger partial charge in [0.15, 0.2) is 0 Å². The maximum absolute atomic E-state index is 14.4. The van der Waals surface area contributed by atoms with Gasteiger partial charge in [-0.3, -0.25) is 33.6 Å². The summed E-state index contributed by atoms with van der Waals surface area (Å²) in [6.45, 7) is 12.0. The smallest absolute Gasteiger partial charge is 0.308 e. The molecule has 0 radical (unpaired) electrons. The predicted molar refractivity (Wildman–Crippen MR) is 306 cm³/mol. The van der Waals surface area contributed by atoms with Crippen LogP contribution < -0.4 is 29.3 Å². The summed E-state index contributed by atoms with van der Waals surface area (Å²) in [7, 11) is 0. The van der Waals surface area contributed by atoms with Crippen LogP contribution in [0.25, 0.3) is 30.3 Å². The first kappa shape index (κ1) is 54.4. The number of anilines is 3. The van der Waals surface area contributed by atoms with Gasteiger partial charge in [-0.25, -0.2) is 0 Å². The normalized spacial score (nSPS) is 26.3. The zero-order valence-corrected chi connectivity index (χ0v) is 49.0. The molecule has 3 aromatic heterocycles. The van der Waals surface area contributed by atoms with Gasteiger partial charge >= 0.3 is 17.9 Å². The highest BCUT2D eigenvalue weighted by atomic mass is 35.5. The maximum Gasteiger partial charge on any atom is 0.308 e. The van der Waals surface area contributed by atoms with Crippen LogP contribution >= 0.6 is 92.0 Å². The fraction of sp³-hybridized carbons (Fsp3) is 0.446. The van der Waals surface area contributed by atoms with E-state index in [9.17, 15) is 33.6 Å². The van der Waals surface area contributed by atoms with Gasteiger partial charge in [0.1, 0.15) is 17.2 Å². The molecular weight excluding hydrogens is 1150 g/mol. The Kier molecular flexibility index (Phi) is 13.9. The van der Waals surface area contributed by atoms with E-state index < -0.39 is 22.8 Å². The lowest BCUT2D eigenvalue weighted by molar-refractivity contribution is -0.205. The molecule has 6 saturated carbocycles. The number of halogens is 5. The van der Waals surface area contributed by atoms with Crippen LogP contribution in [0.5, 0.6) is 17.2 Å². The molecule has 13 nitrogen and oxygen atoms in total. The zero-order chi connectivity index (χ0) is 55.0. The lowest BCUT2D eigenvalue weighted by Gasteiger charge is -2.69. The van der Waals surface area contributed by atoms with Crippen molar-refractivity contribution in [1.82, 2.24) is 0 Å². The topological polar surface area (TPSA) is 166 Å². The van der Waals surface area contributed by atoms with E-state index in [0.29, 0.717) is 92.4 Å². The number of esters is 3. The number of hydrogen-bond acceptors (Lipinski definition) is 14. The summed E-state index contributed by atoms with van der Waals surface area (Å²) in [6, 6.07) is 11.6. The van der Waals surface area contributed by atoms with Crippen LogP contribution in [0, 0.1) is 42.4 Å². The van der Waals surface area contributed by atoms with Crippen molar-refractivity contribution >= 4 is 180 Å². The number of hydrogen-bond donors (Lipinski definition) is 1. The van der Waals surface area contributed by atoms with Gasteiger partial charge in [-0.1, -0.05) is 0 Å². The highest BCUT2D eigenvalue weighted by Gasteiger charge is 2.77. The van der Waals surface area contributed by atoms with Gasteiger partial charge in [-0.05, 0) is 106 Å². The molecule has 0 spiro atoms. The average molecular weight is 1200 g/mol. The van der Waals surface area contributed by atoms with Crippen molar-refractivity contribution in [1.29, 1.82) is 0 Å². The van der Waals surface area contributed by atoms with Crippen LogP contribution in [-0.4, -0.2) is 77.5 Å². The van der Waals surface area contributed by atoms with E-state index in [1.165, 1.54) is 35.9 Å². The molecule has 2 amide bonds. The van der Waals surface area contributed by atoms with E-state index in [2.05, 4.69) is 18.3 Å². The van der Waals surface area contributed by atoms with Crippen LogP contribution in [0.3, 0.4) is 0 Å². The Morgan fingerprint density at radius 2 is 0.857 bits per heavy atom. The fourth-order valence-electron chi connectivity index (χ4n) is 13.3. The molecule has 4 bridgehead atoms. The lowest BCUT2D eigenvalue weighted by atomic mass is 9.34. The van der Waals surface area contributed by atoms with E-state index in [1.54, 1.807) is 34.0 Å². The number of carbonyl (C=O) groups excluding carboxylic acids is 7. The van der Waals surface area contributed by atoms with Gasteiger partial charge in [0.2, 0.25) is 22.3 Å². The molecule has 6 aliphatic carbocycles. The Bertz CT molecular complexity index is 3400. The third kappa shape index (κ3) is 8.76. The van der Waals surface area contributed by atoms with Crippen LogP contribution in [0.2, 0.25) is 0 Å². The molecule has 6 aromatic rings. The first-order valence-electron chi connectivity index (χ1n) is 25.2. The minimum atomic E-state index is -0.623. The van der Waals surface area contributed by atoms with Crippen LogP contribution in [-0.2, 0) is 33.6 Å². The first-order chi connectivity index (χ1) is 36.5. The van der Waals surface area contributed by atoms with E-state index in [1.807, 2.05) is 54.0 Å². The number of nitrogens with one attached hydrogen (secondary N) is 1. The maximum atomic E-state index is 14.4. The van der Waals surface area contributed by atoms with Gasteiger partial charge in [-0.2, -0.15) is 0 Å². The SMILES string of the molecule is CC(=O)Oc1cc2c(c3sc(C)cc13)[C@H](CCl)CN2.CC(=O)Oc1cc2c(c3sc(C)cc13)[C@H](CCl)CN2C(=O)C12CC(C(=O)N3C[C@@H](CCl)c4c3cc(OC(C)=O)c3cc(C)sc43)(C1)C2.O=C(Cl)C12CC(C(=O)Cl)(C1)C2. The van der Waals surface area contributed by atoms with E-state index >= 15 is 0 Å². The van der Waals surface area contributed by atoms with Gasteiger partial charge in [0.25, 0.3) is 0 Å². The molecule has 3 aliphatic heterocycles. The number of benzene rings is 3. The van der Waals surface area contributed by atoms with Gasteiger partial charge in [0, 0.05) is 167 Å². The number of carbonyl (C=O) groups is 7. The second-order valence-corrected chi connectivity index (χ2v) is 27.4. The largest absolute Gasteiger partial charge is 0.426 e. The Hall–Kier alpha value is -4.52. The van der Waals surface area contributed by atoms with Crippen LogP contribution in [0.1, 0.15) is 108 Å². The number of ether oxygens (including phenoxy) is 3.